The number of nitrogens with zero attached hydrogens (tertiary/aromatic N) is 2. The Morgan fingerprint density at radius 3 is 2.70 bits per heavy atom. The van der Waals surface area contributed by atoms with Crippen molar-refractivity contribution in [2.24, 2.45) is 0 Å². The summed E-state index contributed by atoms with van der Waals surface area (Å²) in [6, 6.07) is 17.3. The van der Waals surface area contributed by atoms with Crippen molar-refractivity contribution in [3.63, 3.8) is 0 Å². The second kappa shape index (κ2) is 8.00. The lowest BCUT2D eigenvalue weighted by Crippen LogP contribution is -2.27. The van der Waals surface area contributed by atoms with Crippen molar-refractivity contribution in [1.82, 2.24) is 0 Å². The third-order valence-corrected chi connectivity index (χ3v) is 3.63. The van der Waals surface area contributed by atoms with Gasteiger partial charge in [-0.3, -0.25) is 4.79 Å². The molecular formula is C19H21N3O. The summed E-state index contributed by atoms with van der Waals surface area (Å²) in [5.41, 5.74) is 3.54. The van der Waals surface area contributed by atoms with Gasteiger partial charge in [0.05, 0.1) is 11.6 Å². The normalized spacial score (nSPS) is 9.96. The van der Waals surface area contributed by atoms with E-state index in [1.54, 1.807) is 24.3 Å². The van der Waals surface area contributed by atoms with Gasteiger partial charge in [0.1, 0.15) is 0 Å². The van der Waals surface area contributed by atoms with Gasteiger partial charge in [-0.1, -0.05) is 18.2 Å². The third kappa shape index (κ3) is 4.86. The molecule has 0 saturated carbocycles. The first-order chi connectivity index (χ1) is 11.1. The van der Waals surface area contributed by atoms with Gasteiger partial charge >= 0.3 is 0 Å². The second-order valence-corrected chi connectivity index (χ2v) is 5.41. The lowest BCUT2D eigenvalue weighted by molar-refractivity contribution is -0.116. The van der Waals surface area contributed by atoms with Crippen LogP contribution in [-0.2, 0) is 4.79 Å². The SMILES string of the molecule is CCN(CCC(=O)Nc1cccc(C#N)c1)c1cccc(C)c1. The van der Waals surface area contributed by atoms with Gasteiger partial charge in [0.15, 0.2) is 0 Å². The molecule has 2 rings (SSSR count). The fourth-order valence-corrected chi connectivity index (χ4v) is 2.42. The molecule has 118 valence electrons. The van der Waals surface area contributed by atoms with Crippen LogP contribution >= 0.6 is 0 Å². The number of benzene rings is 2. The molecule has 4 heteroatoms. The lowest BCUT2D eigenvalue weighted by Gasteiger charge is -2.23. The molecule has 2 aromatic carbocycles. The first-order valence-corrected chi connectivity index (χ1v) is 7.74. The number of carbonyl (C=O) groups is 1. The van der Waals surface area contributed by atoms with Crippen molar-refractivity contribution in [2.45, 2.75) is 20.3 Å². The van der Waals surface area contributed by atoms with Crippen LogP contribution in [0.25, 0.3) is 0 Å². The topological polar surface area (TPSA) is 56.1 Å². The second-order valence-electron chi connectivity index (χ2n) is 5.41. The number of aryl methyl sites for hydroxylation is 1. The highest BCUT2D eigenvalue weighted by atomic mass is 16.1. The highest BCUT2D eigenvalue weighted by Gasteiger charge is 2.08. The molecule has 0 aliphatic carbocycles. The van der Waals surface area contributed by atoms with Crippen LogP contribution in [0.15, 0.2) is 48.5 Å². The summed E-state index contributed by atoms with van der Waals surface area (Å²) < 4.78 is 0. The molecule has 1 amide bonds. The zero-order valence-electron chi connectivity index (χ0n) is 13.5. The van der Waals surface area contributed by atoms with E-state index in [9.17, 15) is 4.79 Å². The monoisotopic (exact) mass is 307 g/mol. The number of nitriles is 1. The van der Waals surface area contributed by atoms with Crippen LogP contribution in [0.3, 0.4) is 0 Å². The summed E-state index contributed by atoms with van der Waals surface area (Å²) in [4.78, 5) is 14.3. The van der Waals surface area contributed by atoms with Crippen LogP contribution in [0.2, 0.25) is 0 Å². The minimum absolute atomic E-state index is 0.0498. The first kappa shape index (κ1) is 16.6. The Morgan fingerprint density at radius 2 is 2.00 bits per heavy atom. The van der Waals surface area contributed by atoms with Crippen molar-refractivity contribution >= 4 is 17.3 Å². The van der Waals surface area contributed by atoms with E-state index in [2.05, 4.69) is 48.3 Å². The van der Waals surface area contributed by atoms with Crippen molar-refractivity contribution in [1.29, 1.82) is 5.26 Å². The van der Waals surface area contributed by atoms with Crippen LogP contribution in [0, 0.1) is 18.3 Å². The largest absolute Gasteiger partial charge is 0.371 e. The number of rotatable bonds is 6. The van der Waals surface area contributed by atoms with E-state index in [-0.39, 0.29) is 5.91 Å². The van der Waals surface area contributed by atoms with E-state index in [4.69, 9.17) is 5.26 Å². The summed E-state index contributed by atoms with van der Waals surface area (Å²) in [7, 11) is 0. The molecule has 23 heavy (non-hydrogen) atoms. The molecule has 0 fully saturated rings. The Kier molecular flexibility index (Phi) is 5.76. The Balaban J connectivity index is 1.93. The van der Waals surface area contributed by atoms with Crippen molar-refractivity contribution in [3.05, 3.63) is 59.7 Å². The Morgan fingerprint density at radius 1 is 1.22 bits per heavy atom. The van der Waals surface area contributed by atoms with E-state index in [0.717, 1.165) is 12.2 Å². The summed E-state index contributed by atoms with van der Waals surface area (Å²) >= 11 is 0. The average molecular weight is 307 g/mol. The summed E-state index contributed by atoms with van der Waals surface area (Å²) in [6.45, 7) is 5.65. The molecule has 0 aliphatic heterocycles. The Bertz CT molecular complexity index is 719. The molecule has 0 unspecified atom stereocenters. The maximum Gasteiger partial charge on any atom is 0.226 e. The smallest absolute Gasteiger partial charge is 0.226 e. The maximum absolute atomic E-state index is 12.1. The molecule has 1 N–H and O–H groups in total. The molecular weight excluding hydrogens is 286 g/mol. The molecule has 0 aromatic heterocycles. The standard InChI is InChI=1S/C19H21N3O/c1-3-22(18-9-4-6-15(2)12-18)11-10-19(23)21-17-8-5-7-16(13-17)14-20/h4-9,12-13H,3,10-11H2,1-2H3,(H,21,23). The molecule has 0 spiro atoms. The van der Waals surface area contributed by atoms with Crippen LogP contribution in [-0.4, -0.2) is 19.0 Å². The van der Waals surface area contributed by atoms with E-state index in [1.165, 1.54) is 5.56 Å². The van der Waals surface area contributed by atoms with Crippen molar-refractivity contribution < 1.29 is 4.79 Å². The molecule has 0 aliphatic rings. The fraction of sp³-hybridized carbons (Fsp3) is 0.263. The number of anilines is 2. The molecule has 0 atom stereocenters. The fourth-order valence-electron chi connectivity index (χ4n) is 2.42. The minimum Gasteiger partial charge on any atom is -0.371 e. The van der Waals surface area contributed by atoms with E-state index in [1.807, 2.05) is 6.07 Å². The molecule has 0 bridgehead atoms. The van der Waals surface area contributed by atoms with E-state index < -0.39 is 0 Å². The summed E-state index contributed by atoms with van der Waals surface area (Å²) in [6.07, 6.45) is 0.401. The highest BCUT2D eigenvalue weighted by Crippen LogP contribution is 2.16. The van der Waals surface area contributed by atoms with Gasteiger partial charge in [-0.05, 0) is 49.7 Å². The average Bonchev–Trinajstić information content (AvgIpc) is 2.55. The molecule has 0 saturated heterocycles. The van der Waals surface area contributed by atoms with Crippen LogP contribution in [0.5, 0.6) is 0 Å². The van der Waals surface area contributed by atoms with Crippen LogP contribution < -0.4 is 10.2 Å². The van der Waals surface area contributed by atoms with Gasteiger partial charge in [-0.25, -0.2) is 0 Å². The number of hydrogen-bond donors (Lipinski definition) is 1. The van der Waals surface area contributed by atoms with E-state index in [0.29, 0.717) is 24.2 Å². The number of carbonyl (C=O) groups excluding carboxylic acids is 1. The lowest BCUT2D eigenvalue weighted by atomic mass is 10.2. The van der Waals surface area contributed by atoms with Gasteiger partial charge in [0.2, 0.25) is 5.91 Å². The van der Waals surface area contributed by atoms with E-state index >= 15 is 0 Å². The van der Waals surface area contributed by atoms with Crippen LogP contribution in [0.1, 0.15) is 24.5 Å². The third-order valence-electron chi connectivity index (χ3n) is 3.63. The number of nitrogens with one attached hydrogen (secondary N) is 1. The van der Waals surface area contributed by atoms with Gasteiger partial charge in [-0.2, -0.15) is 5.26 Å². The number of hydrogen-bond acceptors (Lipinski definition) is 3. The van der Waals surface area contributed by atoms with Crippen molar-refractivity contribution in [2.75, 3.05) is 23.3 Å². The minimum atomic E-state index is -0.0498. The maximum atomic E-state index is 12.1. The van der Waals surface area contributed by atoms with Crippen molar-refractivity contribution in [3.8, 4) is 6.07 Å². The highest BCUT2D eigenvalue weighted by molar-refractivity contribution is 5.91. The Hall–Kier alpha value is -2.80. The molecule has 0 heterocycles. The first-order valence-electron chi connectivity index (χ1n) is 7.74. The predicted octanol–water partition coefficient (Wildman–Crippen LogP) is 3.72. The van der Waals surface area contributed by atoms with Gasteiger partial charge in [-0.15, -0.1) is 0 Å². The summed E-state index contributed by atoms with van der Waals surface area (Å²) in [5.74, 6) is -0.0498. The predicted molar refractivity (Wildman–Crippen MR) is 93.5 cm³/mol. The van der Waals surface area contributed by atoms with Gasteiger partial charge in [0, 0.05) is 30.9 Å². The van der Waals surface area contributed by atoms with Gasteiger partial charge < -0.3 is 10.2 Å². The van der Waals surface area contributed by atoms with Crippen LogP contribution in [0.4, 0.5) is 11.4 Å². The number of amides is 1. The molecule has 2 aromatic rings. The van der Waals surface area contributed by atoms with Gasteiger partial charge in [0.25, 0.3) is 0 Å². The Labute approximate surface area is 137 Å². The quantitative estimate of drug-likeness (QED) is 0.885. The zero-order valence-corrected chi connectivity index (χ0v) is 13.5. The molecule has 0 radical (unpaired) electrons. The molecule has 4 nitrogen and oxygen atoms in total. The summed E-state index contributed by atoms with van der Waals surface area (Å²) in [5, 5.41) is 11.7. The zero-order chi connectivity index (χ0) is 16.7.